The summed E-state index contributed by atoms with van der Waals surface area (Å²) in [6.07, 6.45) is 6.92. The van der Waals surface area contributed by atoms with Gasteiger partial charge < -0.3 is 5.73 Å². The molecule has 124 valence electrons. The van der Waals surface area contributed by atoms with E-state index >= 15 is 0 Å². The summed E-state index contributed by atoms with van der Waals surface area (Å²) in [6, 6.07) is 0. The molecule has 21 heavy (non-hydrogen) atoms. The lowest BCUT2D eigenvalue weighted by molar-refractivity contribution is 0.172. The second-order valence-corrected chi connectivity index (χ2v) is 8.67. The molecule has 0 bridgehead atoms. The fourth-order valence-corrected chi connectivity index (χ4v) is 6.13. The van der Waals surface area contributed by atoms with Gasteiger partial charge in [0.15, 0.2) is 0 Å². The molecular formula is C15H31N3O2S. The molecule has 2 N–H and O–H groups in total. The summed E-state index contributed by atoms with van der Waals surface area (Å²) in [6.45, 7) is 6.53. The summed E-state index contributed by atoms with van der Waals surface area (Å²) in [5.74, 6) is 0.453. The lowest BCUT2D eigenvalue weighted by Gasteiger charge is -2.43. The predicted molar refractivity (Wildman–Crippen MR) is 86.1 cm³/mol. The molecule has 5 nitrogen and oxygen atoms in total. The Morgan fingerprint density at radius 2 is 1.95 bits per heavy atom. The second-order valence-electron chi connectivity index (χ2n) is 6.82. The number of nitrogens with zero attached hydrogens (tertiary/aromatic N) is 2. The molecule has 0 aromatic carbocycles. The van der Waals surface area contributed by atoms with Crippen molar-refractivity contribution in [3.63, 3.8) is 0 Å². The van der Waals surface area contributed by atoms with Gasteiger partial charge in [0.05, 0.1) is 0 Å². The topological polar surface area (TPSA) is 66.6 Å². The van der Waals surface area contributed by atoms with Crippen LogP contribution in [-0.2, 0) is 10.2 Å². The third-order valence-electron chi connectivity index (χ3n) is 5.09. The lowest BCUT2D eigenvalue weighted by Crippen LogP contribution is -2.59. The van der Waals surface area contributed by atoms with E-state index in [9.17, 15) is 8.42 Å². The molecule has 0 radical (unpaired) electrons. The van der Waals surface area contributed by atoms with Crippen LogP contribution in [0.3, 0.4) is 0 Å². The first kappa shape index (κ1) is 17.2. The number of piperidine rings is 1. The first-order valence-electron chi connectivity index (χ1n) is 8.44. The number of nitrogens with two attached hydrogens (primary N) is 1. The van der Waals surface area contributed by atoms with Crippen LogP contribution in [0.5, 0.6) is 0 Å². The maximum absolute atomic E-state index is 13.2. The van der Waals surface area contributed by atoms with Crippen LogP contribution in [0.1, 0.15) is 58.8 Å². The Morgan fingerprint density at radius 3 is 2.48 bits per heavy atom. The van der Waals surface area contributed by atoms with Gasteiger partial charge in [0, 0.05) is 31.7 Å². The third-order valence-corrected chi connectivity index (χ3v) is 7.21. The number of rotatable bonds is 6. The van der Waals surface area contributed by atoms with Gasteiger partial charge in [-0.25, -0.2) is 0 Å². The highest BCUT2D eigenvalue weighted by Gasteiger charge is 2.46. The Hall–Kier alpha value is -0.170. The van der Waals surface area contributed by atoms with Crippen molar-refractivity contribution in [1.29, 1.82) is 0 Å². The molecule has 1 atom stereocenters. The van der Waals surface area contributed by atoms with E-state index in [1.54, 1.807) is 8.61 Å². The molecule has 0 aromatic rings. The first-order chi connectivity index (χ1) is 9.96. The molecule has 1 saturated heterocycles. The summed E-state index contributed by atoms with van der Waals surface area (Å²) in [5.41, 5.74) is 5.69. The molecule has 1 heterocycles. The van der Waals surface area contributed by atoms with E-state index in [1.165, 1.54) is 0 Å². The van der Waals surface area contributed by atoms with Gasteiger partial charge in [0.25, 0.3) is 10.2 Å². The van der Waals surface area contributed by atoms with E-state index in [2.05, 4.69) is 6.92 Å². The largest absolute Gasteiger partial charge is 0.329 e. The fraction of sp³-hybridized carbons (Fsp3) is 1.00. The quantitative estimate of drug-likeness (QED) is 0.814. The summed E-state index contributed by atoms with van der Waals surface area (Å²) < 4.78 is 29.8. The minimum Gasteiger partial charge on any atom is -0.329 e. The normalized spacial score (nSPS) is 27.3. The Bertz CT molecular complexity index is 432. The van der Waals surface area contributed by atoms with Gasteiger partial charge in [0.2, 0.25) is 0 Å². The molecule has 1 aliphatic heterocycles. The van der Waals surface area contributed by atoms with E-state index in [0.717, 1.165) is 44.9 Å². The second kappa shape index (κ2) is 6.94. The highest BCUT2D eigenvalue weighted by Crippen LogP contribution is 2.37. The molecule has 2 fully saturated rings. The van der Waals surface area contributed by atoms with Crippen LogP contribution >= 0.6 is 0 Å². The van der Waals surface area contributed by atoms with Gasteiger partial charge in [0.1, 0.15) is 0 Å². The van der Waals surface area contributed by atoms with E-state index in [1.807, 2.05) is 6.92 Å². The summed E-state index contributed by atoms with van der Waals surface area (Å²) in [4.78, 5) is 0. The minimum atomic E-state index is -3.39. The molecule has 0 amide bonds. The van der Waals surface area contributed by atoms with Crippen molar-refractivity contribution in [2.75, 3.05) is 26.2 Å². The summed E-state index contributed by atoms with van der Waals surface area (Å²) in [7, 11) is -3.39. The molecular weight excluding hydrogens is 286 g/mol. The predicted octanol–water partition coefficient (Wildman–Crippen LogP) is 1.95. The zero-order valence-electron chi connectivity index (χ0n) is 13.6. The van der Waals surface area contributed by atoms with Crippen LogP contribution in [0.4, 0.5) is 0 Å². The maximum Gasteiger partial charge on any atom is 0.282 e. The van der Waals surface area contributed by atoms with Crippen LogP contribution in [0.25, 0.3) is 0 Å². The van der Waals surface area contributed by atoms with Crippen molar-refractivity contribution in [3.8, 4) is 0 Å². The smallest absolute Gasteiger partial charge is 0.282 e. The van der Waals surface area contributed by atoms with Crippen molar-refractivity contribution in [1.82, 2.24) is 8.61 Å². The van der Waals surface area contributed by atoms with Crippen molar-refractivity contribution in [3.05, 3.63) is 0 Å². The van der Waals surface area contributed by atoms with Crippen molar-refractivity contribution < 1.29 is 8.42 Å². The molecule has 1 aliphatic carbocycles. The van der Waals surface area contributed by atoms with Gasteiger partial charge in [-0.05, 0) is 38.0 Å². The maximum atomic E-state index is 13.2. The van der Waals surface area contributed by atoms with Gasteiger partial charge in [-0.2, -0.15) is 17.0 Å². The standard InChI is InChI=1S/C15H31N3O2S/c1-3-10-18(15(13-16)8-4-5-9-15)21(19,20)17-11-6-7-14(2)12-17/h14H,3-13,16H2,1-2H3. The van der Waals surface area contributed by atoms with Crippen molar-refractivity contribution in [2.24, 2.45) is 11.7 Å². The molecule has 6 heteroatoms. The average molecular weight is 317 g/mol. The van der Waals surface area contributed by atoms with Crippen LogP contribution in [0.2, 0.25) is 0 Å². The lowest BCUT2D eigenvalue weighted by atomic mass is 9.98. The fourth-order valence-electron chi connectivity index (χ4n) is 3.88. The minimum absolute atomic E-state index is 0.338. The monoisotopic (exact) mass is 317 g/mol. The Morgan fingerprint density at radius 1 is 1.29 bits per heavy atom. The summed E-state index contributed by atoms with van der Waals surface area (Å²) in [5, 5.41) is 0. The first-order valence-corrected chi connectivity index (χ1v) is 9.84. The van der Waals surface area contributed by atoms with E-state index in [4.69, 9.17) is 5.73 Å². The number of hydrogen-bond donors (Lipinski definition) is 1. The highest BCUT2D eigenvalue weighted by atomic mass is 32.2. The molecule has 0 aromatic heterocycles. The molecule has 1 unspecified atom stereocenters. The van der Waals surface area contributed by atoms with Crippen LogP contribution in [0, 0.1) is 5.92 Å². The molecule has 2 rings (SSSR count). The third kappa shape index (κ3) is 3.44. The molecule has 1 saturated carbocycles. The average Bonchev–Trinajstić information content (AvgIpc) is 2.94. The number of hydrogen-bond acceptors (Lipinski definition) is 3. The highest BCUT2D eigenvalue weighted by molar-refractivity contribution is 7.86. The van der Waals surface area contributed by atoms with Crippen molar-refractivity contribution in [2.45, 2.75) is 64.3 Å². The summed E-state index contributed by atoms with van der Waals surface area (Å²) >= 11 is 0. The van der Waals surface area contributed by atoms with Gasteiger partial charge in [-0.15, -0.1) is 0 Å². The van der Waals surface area contributed by atoms with E-state index in [0.29, 0.717) is 32.1 Å². The van der Waals surface area contributed by atoms with Gasteiger partial charge >= 0.3 is 0 Å². The Labute approximate surface area is 130 Å². The zero-order chi connectivity index (χ0) is 15.5. The Kier molecular flexibility index (Phi) is 5.68. The van der Waals surface area contributed by atoms with Crippen LogP contribution < -0.4 is 5.73 Å². The zero-order valence-corrected chi connectivity index (χ0v) is 14.4. The van der Waals surface area contributed by atoms with Gasteiger partial charge in [-0.1, -0.05) is 26.7 Å². The van der Waals surface area contributed by atoms with E-state index < -0.39 is 10.2 Å². The van der Waals surface area contributed by atoms with Crippen LogP contribution in [0.15, 0.2) is 0 Å². The Balaban J connectivity index is 2.27. The van der Waals surface area contributed by atoms with Gasteiger partial charge in [-0.3, -0.25) is 0 Å². The molecule has 2 aliphatic rings. The van der Waals surface area contributed by atoms with E-state index in [-0.39, 0.29) is 5.54 Å². The SMILES string of the molecule is CCCN(C1(CN)CCCC1)S(=O)(=O)N1CCCC(C)C1. The molecule has 0 spiro atoms. The van der Waals surface area contributed by atoms with Crippen molar-refractivity contribution >= 4 is 10.2 Å². The van der Waals surface area contributed by atoms with Crippen LogP contribution in [-0.4, -0.2) is 48.7 Å².